The van der Waals surface area contributed by atoms with Crippen LogP contribution in [0, 0.1) is 5.82 Å². The van der Waals surface area contributed by atoms with Gasteiger partial charge in [0.15, 0.2) is 17.6 Å². The average molecular weight is 413 g/mol. The largest absolute Gasteiger partial charge is 0.496 e. The quantitative estimate of drug-likeness (QED) is 0.580. The van der Waals surface area contributed by atoms with Crippen molar-refractivity contribution in [2.45, 2.75) is 38.5 Å². The molecule has 1 fully saturated rings. The molecule has 2 unspecified atom stereocenters. The van der Waals surface area contributed by atoms with Crippen LogP contribution in [0.4, 0.5) is 10.2 Å². The summed E-state index contributed by atoms with van der Waals surface area (Å²) in [6.45, 7) is 4.04. The van der Waals surface area contributed by atoms with Gasteiger partial charge in [0.05, 0.1) is 7.11 Å². The highest BCUT2D eigenvalue weighted by Crippen LogP contribution is 2.34. The zero-order valence-corrected chi connectivity index (χ0v) is 17.6. The van der Waals surface area contributed by atoms with E-state index >= 15 is 0 Å². The van der Waals surface area contributed by atoms with Gasteiger partial charge in [-0.2, -0.15) is 0 Å². The Labute approximate surface area is 176 Å². The highest BCUT2D eigenvalue weighted by atomic mass is 19.1. The molecule has 2 aliphatic rings. The molecule has 160 valence electrons. The molecule has 0 radical (unpaired) electrons. The fourth-order valence-corrected chi connectivity index (χ4v) is 4.06. The van der Waals surface area contributed by atoms with Crippen LogP contribution >= 0.6 is 0 Å². The summed E-state index contributed by atoms with van der Waals surface area (Å²) < 4.78 is 25.5. The van der Waals surface area contributed by atoms with Crippen LogP contribution in [0.25, 0.3) is 0 Å². The van der Waals surface area contributed by atoms with Crippen molar-refractivity contribution in [1.82, 2.24) is 15.6 Å². The lowest BCUT2D eigenvalue weighted by molar-refractivity contribution is 0.254. The Morgan fingerprint density at radius 2 is 2.30 bits per heavy atom. The van der Waals surface area contributed by atoms with E-state index in [2.05, 4.69) is 33.6 Å². The van der Waals surface area contributed by atoms with Gasteiger partial charge in [0, 0.05) is 56.5 Å². The summed E-state index contributed by atoms with van der Waals surface area (Å²) in [4.78, 5) is 10.5. The molecule has 7 nitrogen and oxygen atoms in total. The second-order valence-corrected chi connectivity index (χ2v) is 7.71. The molecule has 8 heteroatoms. The smallest absolute Gasteiger partial charge is 0.191 e. The molecule has 2 atom stereocenters. The zero-order valence-electron chi connectivity index (χ0n) is 17.6. The second kappa shape index (κ2) is 8.77. The Hall–Kier alpha value is -3.03. The first-order valence-electron chi connectivity index (χ1n) is 10.3. The lowest BCUT2D eigenvalue weighted by atomic mass is 10.1. The number of nitrogens with one attached hydrogen (secondary N) is 2. The van der Waals surface area contributed by atoms with Crippen LogP contribution in [0.15, 0.2) is 35.5 Å². The maximum Gasteiger partial charge on any atom is 0.191 e. The lowest BCUT2D eigenvalue weighted by Crippen LogP contribution is -2.44. The molecule has 1 aromatic heterocycles. The monoisotopic (exact) mass is 413 g/mol. The number of hydrogen-bond acceptors (Lipinski definition) is 5. The molecule has 1 saturated heterocycles. The van der Waals surface area contributed by atoms with E-state index in [1.165, 1.54) is 11.6 Å². The van der Waals surface area contributed by atoms with Crippen LogP contribution in [0.5, 0.6) is 11.5 Å². The van der Waals surface area contributed by atoms with E-state index in [0.717, 1.165) is 36.4 Å². The number of aliphatic imine (C=N–C) groups is 1. The van der Waals surface area contributed by atoms with Gasteiger partial charge < -0.3 is 25.0 Å². The van der Waals surface area contributed by atoms with Gasteiger partial charge in [-0.15, -0.1) is 0 Å². The summed E-state index contributed by atoms with van der Waals surface area (Å²) >= 11 is 0. The van der Waals surface area contributed by atoms with E-state index in [9.17, 15) is 4.39 Å². The molecule has 2 aliphatic heterocycles. The summed E-state index contributed by atoms with van der Waals surface area (Å²) in [5.74, 6) is 2.57. The van der Waals surface area contributed by atoms with E-state index in [0.29, 0.717) is 24.9 Å². The van der Waals surface area contributed by atoms with Crippen LogP contribution in [-0.4, -0.2) is 50.3 Å². The van der Waals surface area contributed by atoms with Crippen LogP contribution in [0.3, 0.4) is 0 Å². The number of anilines is 1. The number of fused-ring (bicyclic) bond motifs is 1. The number of pyridine rings is 1. The van der Waals surface area contributed by atoms with Crippen molar-refractivity contribution in [2.24, 2.45) is 4.99 Å². The SMILES string of the molecule is CN=C(NCc1cc2c(cc1OC)CC(C)O2)NC1CCN(c2ncccc2F)C1. The van der Waals surface area contributed by atoms with E-state index in [-0.39, 0.29) is 18.0 Å². The molecule has 30 heavy (non-hydrogen) atoms. The molecule has 0 bridgehead atoms. The molecule has 2 N–H and O–H groups in total. The minimum absolute atomic E-state index is 0.156. The third-order valence-electron chi connectivity index (χ3n) is 5.54. The second-order valence-electron chi connectivity index (χ2n) is 7.71. The third-order valence-corrected chi connectivity index (χ3v) is 5.54. The van der Waals surface area contributed by atoms with E-state index < -0.39 is 0 Å². The summed E-state index contributed by atoms with van der Waals surface area (Å²) in [5.41, 5.74) is 2.19. The third kappa shape index (κ3) is 4.27. The van der Waals surface area contributed by atoms with Crippen molar-refractivity contribution in [1.29, 1.82) is 0 Å². The Kier molecular flexibility index (Phi) is 5.92. The molecule has 0 amide bonds. The highest BCUT2D eigenvalue weighted by Gasteiger charge is 2.26. The predicted molar refractivity (Wildman–Crippen MR) is 115 cm³/mol. The number of nitrogens with zero attached hydrogens (tertiary/aromatic N) is 3. The number of guanidine groups is 1. The number of benzene rings is 1. The molecule has 0 aliphatic carbocycles. The van der Waals surface area contributed by atoms with Crippen molar-refractivity contribution in [3.63, 3.8) is 0 Å². The van der Waals surface area contributed by atoms with Gasteiger partial charge in [0.25, 0.3) is 0 Å². The highest BCUT2D eigenvalue weighted by molar-refractivity contribution is 5.80. The Morgan fingerprint density at radius 3 is 3.07 bits per heavy atom. The van der Waals surface area contributed by atoms with Crippen LogP contribution in [-0.2, 0) is 13.0 Å². The summed E-state index contributed by atoms with van der Waals surface area (Å²) in [6.07, 6.45) is 3.59. The molecule has 0 saturated carbocycles. The zero-order chi connectivity index (χ0) is 21.1. The van der Waals surface area contributed by atoms with E-state index in [1.54, 1.807) is 26.4 Å². The number of rotatable bonds is 5. The summed E-state index contributed by atoms with van der Waals surface area (Å²) in [7, 11) is 3.42. The summed E-state index contributed by atoms with van der Waals surface area (Å²) in [5, 5.41) is 6.78. The van der Waals surface area contributed by atoms with Crippen molar-refractivity contribution in [3.05, 3.63) is 47.4 Å². The minimum Gasteiger partial charge on any atom is -0.496 e. The fourth-order valence-electron chi connectivity index (χ4n) is 4.06. The predicted octanol–water partition coefficient (Wildman–Crippen LogP) is 2.50. The van der Waals surface area contributed by atoms with Crippen LogP contribution in [0.1, 0.15) is 24.5 Å². The number of aromatic nitrogens is 1. The van der Waals surface area contributed by atoms with Gasteiger partial charge >= 0.3 is 0 Å². The van der Waals surface area contributed by atoms with Crippen molar-refractivity contribution >= 4 is 11.8 Å². The fraction of sp³-hybridized carbons (Fsp3) is 0.455. The van der Waals surface area contributed by atoms with E-state index in [4.69, 9.17) is 9.47 Å². The van der Waals surface area contributed by atoms with Gasteiger partial charge in [-0.25, -0.2) is 9.37 Å². The number of halogens is 1. The standard InChI is InChI=1S/C22H28FN5O2/c1-14-9-15-10-19(29-3)16(11-20(15)30-14)12-26-22(24-2)27-17-6-8-28(13-17)21-18(23)5-4-7-25-21/h4-5,7,10-11,14,17H,6,8-9,12-13H2,1-3H3,(H2,24,26,27). The number of hydrogen-bond donors (Lipinski definition) is 2. The molecule has 3 heterocycles. The van der Waals surface area contributed by atoms with Gasteiger partial charge in [-0.1, -0.05) is 0 Å². The first kappa shape index (κ1) is 20.3. The van der Waals surface area contributed by atoms with Crippen LogP contribution < -0.4 is 25.0 Å². The normalized spacial score (nSPS) is 20.7. The lowest BCUT2D eigenvalue weighted by Gasteiger charge is -2.20. The average Bonchev–Trinajstić information content (AvgIpc) is 3.35. The molecule has 0 spiro atoms. The minimum atomic E-state index is -0.291. The maximum absolute atomic E-state index is 14.0. The number of methoxy groups -OCH3 is 1. The van der Waals surface area contributed by atoms with Crippen LogP contribution in [0.2, 0.25) is 0 Å². The van der Waals surface area contributed by atoms with Crippen molar-refractivity contribution in [2.75, 3.05) is 32.1 Å². The first-order chi connectivity index (χ1) is 14.6. The number of ether oxygens (including phenoxy) is 2. The Bertz CT molecular complexity index is 936. The first-order valence-corrected chi connectivity index (χ1v) is 10.3. The Balaban J connectivity index is 1.36. The maximum atomic E-state index is 14.0. The van der Waals surface area contributed by atoms with Gasteiger partial charge in [-0.3, -0.25) is 4.99 Å². The summed E-state index contributed by atoms with van der Waals surface area (Å²) in [6, 6.07) is 7.30. The van der Waals surface area contributed by atoms with Crippen molar-refractivity contribution < 1.29 is 13.9 Å². The van der Waals surface area contributed by atoms with Gasteiger partial charge in [0.2, 0.25) is 0 Å². The van der Waals surface area contributed by atoms with Gasteiger partial charge in [0.1, 0.15) is 17.6 Å². The Morgan fingerprint density at radius 1 is 1.43 bits per heavy atom. The molecule has 1 aromatic carbocycles. The van der Waals surface area contributed by atoms with Gasteiger partial charge in [-0.05, 0) is 37.6 Å². The molecular weight excluding hydrogens is 385 g/mol. The molecule has 2 aromatic rings. The topological polar surface area (TPSA) is 71.0 Å². The van der Waals surface area contributed by atoms with Crippen molar-refractivity contribution in [3.8, 4) is 11.5 Å². The molecule has 4 rings (SSSR count). The molecular formula is C22H28FN5O2. The van der Waals surface area contributed by atoms with E-state index in [1.807, 2.05) is 11.0 Å².